The van der Waals surface area contributed by atoms with Crippen molar-refractivity contribution in [1.29, 1.82) is 0 Å². The molecule has 0 spiro atoms. The zero-order chi connectivity index (χ0) is 12.3. The minimum Gasteiger partial charge on any atom is -0.489 e. The summed E-state index contributed by atoms with van der Waals surface area (Å²) in [5.74, 6) is -0.353. The quantitative estimate of drug-likeness (QED) is 0.798. The molecular formula is C13H9ClF2O. The largest absolute Gasteiger partial charge is 0.489 e. The topological polar surface area (TPSA) is 9.23 Å². The molecule has 4 heteroatoms. The van der Waals surface area contributed by atoms with Crippen LogP contribution in [-0.4, -0.2) is 0 Å². The maximum absolute atomic E-state index is 13.5. The van der Waals surface area contributed by atoms with Crippen LogP contribution in [0.2, 0.25) is 5.02 Å². The third-order valence-electron chi connectivity index (χ3n) is 2.24. The van der Waals surface area contributed by atoms with Crippen molar-refractivity contribution in [3.8, 4) is 5.75 Å². The van der Waals surface area contributed by atoms with Gasteiger partial charge in [0.15, 0.2) is 0 Å². The molecule has 0 amide bonds. The highest BCUT2D eigenvalue weighted by atomic mass is 35.5. The van der Waals surface area contributed by atoms with E-state index >= 15 is 0 Å². The predicted octanol–water partition coefficient (Wildman–Crippen LogP) is 4.20. The summed E-state index contributed by atoms with van der Waals surface area (Å²) in [5.41, 5.74) is 0.363. The Balaban J connectivity index is 2.07. The summed E-state index contributed by atoms with van der Waals surface area (Å²) in [4.78, 5) is 0. The molecule has 0 aliphatic carbocycles. The lowest BCUT2D eigenvalue weighted by Crippen LogP contribution is -1.98. The van der Waals surface area contributed by atoms with Gasteiger partial charge in [-0.25, -0.2) is 8.78 Å². The van der Waals surface area contributed by atoms with Gasteiger partial charge in [0, 0.05) is 5.56 Å². The van der Waals surface area contributed by atoms with Gasteiger partial charge in [0.05, 0.1) is 5.02 Å². The molecule has 0 saturated carbocycles. The van der Waals surface area contributed by atoms with Crippen LogP contribution >= 0.6 is 11.6 Å². The summed E-state index contributed by atoms with van der Waals surface area (Å²) < 4.78 is 31.4. The maximum atomic E-state index is 13.5. The van der Waals surface area contributed by atoms with Crippen LogP contribution in [-0.2, 0) is 6.61 Å². The van der Waals surface area contributed by atoms with Crippen LogP contribution in [0.15, 0.2) is 42.5 Å². The number of benzene rings is 2. The highest BCUT2D eigenvalue weighted by molar-refractivity contribution is 6.30. The van der Waals surface area contributed by atoms with Crippen LogP contribution in [0.25, 0.3) is 0 Å². The predicted molar refractivity (Wildman–Crippen MR) is 62.1 cm³/mol. The van der Waals surface area contributed by atoms with E-state index in [-0.39, 0.29) is 17.4 Å². The van der Waals surface area contributed by atoms with Crippen molar-refractivity contribution in [3.63, 3.8) is 0 Å². The summed E-state index contributed by atoms with van der Waals surface area (Å²) in [6.07, 6.45) is 0. The molecular weight excluding hydrogens is 246 g/mol. The van der Waals surface area contributed by atoms with Crippen molar-refractivity contribution in [2.75, 3.05) is 0 Å². The van der Waals surface area contributed by atoms with Gasteiger partial charge < -0.3 is 4.74 Å². The van der Waals surface area contributed by atoms with Gasteiger partial charge in [0.1, 0.15) is 24.0 Å². The van der Waals surface area contributed by atoms with Gasteiger partial charge in [-0.1, -0.05) is 23.7 Å². The number of halogens is 3. The van der Waals surface area contributed by atoms with Crippen LogP contribution in [0.4, 0.5) is 8.78 Å². The van der Waals surface area contributed by atoms with Crippen molar-refractivity contribution in [3.05, 3.63) is 64.7 Å². The Hall–Kier alpha value is -1.61. The number of rotatable bonds is 3. The Morgan fingerprint density at radius 3 is 2.41 bits per heavy atom. The molecule has 0 aliphatic rings. The van der Waals surface area contributed by atoms with E-state index in [1.54, 1.807) is 12.1 Å². The zero-order valence-corrected chi connectivity index (χ0v) is 9.55. The monoisotopic (exact) mass is 254 g/mol. The minimum absolute atomic E-state index is 0.0536. The third-order valence-corrected chi connectivity index (χ3v) is 2.53. The van der Waals surface area contributed by atoms with Crippen LogP contribution in [0.1, 0.15) is 5.56 Å². The van der Waals surface area contributed by atoms with E-state index in [9.17, 15) is 8.78 Å². The average molecular weight is 255 g/mol. The molecule has 0 unspecified atom stereocenters. The van der Waals surface area contributed by atoms with Crippen molar-refractivity contribution in [2.45, 2.75) is 6.61 Å². The highest BCUT2D eigenvalue weighted by Crippen LogP contribution is 2.20. The molecule has 0 radical (unpaired) electrons. The second-order valence-electron chi connectivity index (χ2n) is 3.46. The number of hydrogen-bond acceptors (Lipinski definition) is 1. The van der Waals surface area contributed by atoms with Crippen LogP contribution in [0.5, 0.6) is 5.75 Å². The Kier molecular flexibility index (Phi) is 3.59. The van der Waals surface area contributed by atoms with E-state index in [0.717, 1.165) is 0 Å². The molecule has 0 fully saturated rings. The summed E-state index contributed by atoms with van der Waals surface area (Å²) in [6.45, 7) is 0.0536. The van der Waals surface area contributed by atoms with Crippen molar-refractivity contribution in [1.82, 2.24) is 0 Å². The molecule has 0 N–H and O–H groups in total. The Labute approximate surface area is 103 Å². The van der Waals surface area contributed by atoms with Crippen LogP contribution in [0, 0.1) is 11.6 Å². The normalized spacial score (nSPS) is 10.3. The first kappa shape index (κ1) is 11.9. The van der Waals surface area contributed by atoms with Crippen molar-refractivity contribution >= 4 is 11.6 Å². The van der Waals surface area contributed by atoms with Crippen LogP contribution in [0.3, 0.4) is 0 Å². The van der Waals surface area contributed by atoms with Gasteiger partial charge >= 0.3 is 0 Å². The van der Waals surface area contributed by atoms with Crippen LogP contribution < -0.4 is 4.74 Å². The van der Waals surface area contributed by atoms with E-state index in [0.29, 0.717) is 11.3 Å². The van der Waals surface area contributed by atoms with Gasteiger partial charge in [-0.15, -0.1) is 0 Å². The molecule has 17 heavy (non-hydrogen) atoms. The second kappa shape index (κ2) is 5.15. The average Bonchev–Trinajstić information content (AvgIpc) is 2.33. The van der Waals surface area contributed by atoms with E-state index in [2.05, 4.69) is 0 Å². The fourth-order valence-electron chi connectivity index (χ4n) is 1.35. The number of ether oxygens (including phenoxy) is 1. The molecule has 2 aromatic rings. The molecule has 2 aromatic carbocycles. The lowest BCUT2D eigenvalue weighted by atomic mass is 10.2. The zero-order valence-electron chi connectivity index (χ0n) is 8.79. The Morgan fingerprint density at radius 1 is 1.00 bits per heavy atom. The fraction of sp³-hybridized carbons (Fsp3) is 0.0769. The van der Waals surface area contributed by atoms with E-state index in [1.165, 1.54) is 30.3 Å². The molecule has 1 nitrogen and oxygen atoms in total. The Bertz CT molecular complexity index is 511. The molecule has 0 atom stereocenters. The minimum atomic E-state index is -0.490. The molecule has 0 aromatic heterocycles. The molecule has 2 rings (SSSR count). The number of hydrogen-bond donors (Lipinski definition) is 0. The smallest absolute Gasteiger partial charge is 0.148 e. The third kappa shape index (κ3) is 2.94. The lowest BCUT2D eigenvalue weighted by molar-refractivity contribution is 0.299. The standard InChI is InChI=1S/C13H9ClF2O/c14-12-3-1-2-9(13(12)16)8-17-11-6-4-10(15)5-7-11/h1-7H,8H2. The summed E-state index contributed by atoms with van der Waals surface area (Å²) in [6, 6.07) is 10.2. The first-order chi connectivity index (χ1) is 8.16. The SMILES string of the molecule is Fc1ccc(OCc2cccc(Cl)c2F)cc1. The van der Waals surface area contributed by atoms with E-state index in [4.69, 9.17) is 16.3 Å². The summed E-state index contributed by atoms with van der Waals surface area (Å²) in [5, 5.41) is 0.0604. The van der Waals surface area contributed by atoms with Gasteiger partial charge in [-0.3, -0.25) is 0 Å². The second-order valence-corrected chi connectivity index (χ2v) is 3.86. The summed E-state index contributed by atoms with van der Waals surface area (Å²) in [7, 11) is 0. The first-order valence-corrected chi connectivity index (χ1v) is 5.36. The molecule has 0 aliphatic heterocycles. The molecule has 0 heterocycles. The molecule has 88 valence electrons. The van der Waals surface area contributed by atoms with Gasteiger partial charge in [-0.05, 0) is 30.3 Å². The van der Waals surface area contributed by atoms with Crippen molar-refractivity contribution < 1.29 is 13.5 Å². The van der Waals surface area contributed by atoms with Gasteiger partial charge in [0.25, 0.3) is 0 Å². The Morgan fingerprint density at radius 2 is 1.71 bits per heavy atom. The maximum Gasteiger partial charge on any atom is 0.148 e. The molecule has 0 saturated heterocycles. The fourth-order valence-corrected chi connectivity index (χ4v) is 1.55. The van der Waals surface area contributed by atoms with Gasteiger partial charge in [-0.2, -0.15) is 0 Å². The lowest BCUT2D eigenvalue weighted by Gasteiger charge is -2.07. The van der Waals surface area contributed by atoms with E-state index in [1.807, 2.05) is 0 Å². The van der Waals surface area contributed by atoms with Crippen molar-refractivity contribution in [2.24, 2.45) is 0 Å². The first-order valence-electron chi connectivity index (χ1n) is 4.98. The van der Waals surface area contributed by atoms with Gasteiger partial charge in [0.2, 0.25) is 0 Å². The highest BCUT2D eigenvalue weighted by Gasteiger charge is 2.06. The molecule has 0 bridgehead atoms. The summed E-state index contributed by atoms with van der Waals surface area (Å²) >= 11 is 5.64. The van der Waals surface area contributed by atoms with E-state index < -0.39 is 5.82 Å².